The first-order valence-corrected chi connectivity index (χ1v) is 6.45. The average Bonchev–Trinajstić information content (AvgIpc) is 3.20. The van der Waals surface area contributed by atoms with Crippen LogP contribution in [0.25, 0.3) is 11.0 Å². The summed E-state index contributed by atoms with van der Waals surface area (Å²) < 4.78 is 2.38. The van der Waals surface area contributed by atoms with E-state index in [1.165, 1.54) is 23.9 Å². The monoisotopic (exact) mass is 227 g/mol. The molecule has 0 amide bonds. The van der Waals surface area contributed by atoms with Crippen molar-refractivity contribution in [1.29, 1.82) is 0 Å². The van der Waals surface area contributed by atoms with Gasteiger partial charge in [-0.05, 0) is 50.3 Å². The van der Waals surface area contributed by atoms with Gasteiger partial charge in [-0.15, -0.1) is 0 Å². The lowest BCUT2D eigenvalue weighted by Crippen LogP contribution is -2.18. The van der Waals surface area contributed by atoms with Gasteiger partial charge in [0, 0.05) is 11.6 Å². The molecule has 1 aromatic heterocycles. The summed E-state index contributed by atoms with van der Waals surface area (Å²) in [5.41, 5.74) is 9.84. The molecule has 2 aromatic rings. The maximum atomic E-state index is 6.24. The van der Waals surface area contributed by atoms with Crippen LogP contribution in [0.4, 0.5) is 0 Å². The molecule has 1 aromatic carbocycles. The van der Waals surface area contributed by atoms with Crippen LogP contribution < -0.4 is 5.73 Å². The van der Waals surface area contributed by atoms with Crippen LogP contribution in [0.1, 0.15) is 43.1 Å². The van der Waals surface area contributed by atoms with Gasteiger partial charge in [0.05, 0.1) is 11.0 Å². The van der Waals surface area contributed by atoms with Crippen molar-refractivity contribution in [3.63, 3.8) is 0 Å². The Labute approximate surface area is 101 Å². The van der Waals surface area contributed by atoms with Crippen LogP contribution in [0, 0.1) is 6.92 Å². The summed E-state index contributed by atoms with van der Waals surface area (Å²) in [5, 5.41) is 0. The van der Waals surface area contributed by atoms with Gasteiger partial charge in [-0.2, -0.15) is 0 Å². The first-order chi connectivity index (χ1) is 8.17. The van der Waals surface area contributed by atoms with Gasteiger partial charge in [-0.1, -0.05) is 6.07 Å². The fraction of sp³-hybridized carbons (Fsp3) is 0.500. The molecule has 3 nitrogen and oxygen atoms in total. The summed E-state index contributed by atoms with van der Waals surface area (Å²) in [5.74, 6) is 1.14. The van der Waals surface area contributed by atoms with E-state index in [2.05, 4.69) is 34.7 Å². The number of hydrogen-bond acceptors (Lipinski definition) is 2. The minimum absolute atomic E-state index is 0.0501. The zero-order valence-electron chi connectivity index (χ0n) is 10.1. The topological polar surface area (TPSA) is 43.8 Å². The van der Waals surface area contributed by atoms with Crippen LogP contribution in [0.5, 0.6) is 0 Å². The first kappa shape index (κ1) is 9.66. The van der Waals surface area contributed by atoms with Gasteiger partial charge in [-0.25, -0.2) is 4.98 Å². The maximum absolute atomic E-state index is 6.24. The van der Waals surface area contributed by atoms with Gasteiger partial charge in [-0.3, -0.25) is 0 Å². The molecule has 3 heteroatoms. The number of nitrogens with zero attached hydrogens (tertiary/aromatic N) is 2. The quantitative estimate of drug-likeness (QED) is 0.857. The number of nitrogens with two attached hydrogens (primary N) is 1. The lowest BCUT2D eigenvalue weighted by molar-refractivity contribution is 0.732. The summed E-state index contributed by atoms with van der Waals surface area (Å²) in [6.45, 7) is 2.10. The lowest BCUT2D eigenvalue weighted by Gasteiger charge is -2.09. The standard InChI is InChI=1S/C14H17N3/c1-9-16-12-8-10(14(15)6-7-14)2-5-13(12)17(9)11-3-4-11/h2,5,8,11H,3-4,6-7,15H2,1H3. The van der Waals surface area contributed by atoms with Crippen molar-refractivity contribution in [3.8, 4) is 0 Å². The molecule has 4 rings (SSSR count). The van der Waals surface area contributed by atoms with Crippen molar-refractivity contribution in [1.82, 2.24) is 9.55 Å². The second-order valence-electron chi connectivity index (χ2n) is 5.62. The van der Waals surface area contributed by atoms with Gasteiger partial charge in [0.1, 0.15) is 5.82 Å². The van der Waals surface area contributed by atoms with E-state index < -0.39 is 0 Å². The number of aryl methyl sites for hydroxylation is 1. The highest BCUT2D eigenvalue weighted by Gasteiger charge is 2.40. The molecule has 0 atom stereocenters. The summed E-state index contributed by atoms with van der Waals surface area (Å²) >= 11 is 0. The minimum Gasteiger partial charge on any atom is -0.325 e. The van der Waals surface area contributed by atoms with Crippen LogP contribution in [-0.4, -0.2) is 9.55 Å². The molecule has 2 aliphatic carbocycles. The number of benzene rings is 1. The zero-order chi connectivity index (χ0) is 11.6. The molecule has 0 radical (unpaired) electrons. The molecule has 2 fully saturated rings. The van der Waals surface area contributed by atoms with E-state index in [0.717, 1.165) is 24.2 Å². The molecule has 0 unspecified atom stereocenters. The summed E-state index contributed by atoms with van der Waals surface area (Å²) in [7, 11) is 0. The van der Waals surface area contributed by atoms with Crippen molar-refractivity contribution < 1.29 is 0 Å². The normalized spacial score (nSPS) is 22.0. The molecule has 0 saturated heterocycles. The SMILES string of the molecule is Cc1nc2cc(C3(N)CC3)ccc2n1C1CC1. The molecule has 2 N–H and O–H groups in total. The number of fused-ring (bicyclic) bond motifs is 1. The van der Waals surface area contributed by atoms with Crippen molar-refractivity contribution in [2.24, 2.45) is 5.73 Å². The van der Waals surface area contributed by atoms with E-state index in [9.17, 15) is 0 Å². The number of rotatable bonds is 2. The largest absolute Gasteiger partial charge is 0.325 e. The van der Waals surface area contributed by atoms with Crippen LogP contribution in [-0.2, 0) is 5.54 Å². The Kier molecular flexibility index (Phi) is 1.65. The predicted octanol–water partition coefficient (Wildman–Crippen LogP) is 2.63. The van der Waals surface area contributed by atoms with Crippen molar-refractivity contribution >= 4 is 11.0 Å². The van der Waals surface area contributed by atoms with E-state index in [4.69, 9.17) is 5.73 Å². The van der Waals surface area contributed by atoms with Gasteiger partial charge >= 0.3 is 0 Å². The molecule has 1 heterocycles. The van der Waals surface area contributed by atoms with E-state index in [0.29, 0.717) is 6.04 Å². The highest BCUT2D eigenvalue weighted by atomic mass is 15.1. The molecule has 88 valence electrons. The Balaban J connectivity index is 1.91. The summed E-state index contributed by atoms with van der Waals surface area (Å²) in [6, 6.07) is 7.28. The lowest BCUT2D eigenvalue weighted by atomic mass is 10.1. The molecule has 0 spiro atoms. The minimum atomic E-state index is -0.0501. The van der Waals surface area contributed by atoms with E-state index in [-0.39, 0.29) is 5.54 Å². The third-order valence-corrected chi connectivity index (χ3v) is 4.14. The number of aromatic nitrogens is 2. The van der Waals surface area contributed by atoms with Crippen molar-refractivity contribution in [2.45, 2.75) is 44.2 Å². The number of hydrogen-bond donors (Lipinski definition) is 1. The van der Waals surface area contributed by atoms with E-state index in [1.807, 2.05) is 0 Å². The Morgan fingerprint density at radius 2 is 2.12 bits per heavy atom. The van der Waals surface area contributed by atoms with Gasteiger partial charge < -0.3 is 10.3 Å². The molecule has 2 aliphatic rings. The third kappa shape index (κ3) is 1.35. The van der Waals surface area contributed by atoms with Crippen molar-refractivity contribution in [3.05, 3.63) is 29.6 Å². The van der Waals surface area contributed by atoms with Crippen LogP contribution in [0.3, 0.4) is 0 Å². The molecule has 2 saturated carbocycles. The molecular weight excluding hydrogens is 210 g/mol. The Morgan fingerprint density at radius 3 is 2.76 bits per heavy atom. The van der Waals surface area contributed by atoms with Gasteiger partial charge in [0.2, 0.25) is 0 Å². The summed E-state index contributed by atoms with van der Waals surface area (Å²) in [4.78, 5) is 4.68. The second kappa shape index (κ2) is 2.91. The fourth-order valence-corrected chi connectivity index (χ4v) is 2.75. The highest BCUT2D eigenvalue weighted by Crippen LogP contribution is 2.44. The third-order valence-electron chi connectivity index (χ3n) is 4.14. The Bertz CT molecular complexity index is 603. The molecule has 0 aliphatic heterocycles. The van der Waals surface area contributed by atoms with E-state index in [1.54, 1.807) is 0 Å². The number of imidazole rings is 1. The molecule has 17 heavy (non-hydrogen) atoms. The van der Waals surface area contributed by atoms with E-state index >= 15 is 0 Å². The summed E-state index contributed by atoms with van der Waals surface area (Å²) in [6.07, 6.45) is 4.82. The Morgan fingerprint density at radius 1 is 1.35 bits per heavy atom. The highest BCUT2D eigenvalue weighted by molar-refractivity contribution is 5.77. The van der Waals surface area contributed by atoms with Crippen LogP contribution >= 0.6 is 0 Å². The van der Waals surface area contributed by atoms with Crippen molar-refractivity contribution in [2.75, 3.05) is 0 Å². The maximum Gasteiger partial charge on any atom is 0.106 e. The predicted molar refractivity (Wildman–Crippen MR) is 67.8 cm³/mol. The van der Waals surface area contributed by atoms with Gasteiger partial charge in [0.15, 0.2) is 0 Å². The van der Waals surface area contributed by atoms with Crippen LogP contribution in [0.15, 0.2) is 18.2 Å². The van der Waals surface area contributed by atoms with Gasteiger partial charge in [0.25, 0.3) is 0 Å². The average molecular weight is 227 g/mol. The van der Waals surface area contributed by atoms with Crippen LogP contribution in [0.2, 0.25) is 0 Å². The molecular formula is C14H17N3. The fourth-order valence-electron chi connectivity index (χ4n) is 2.75. The molecule has 0 bridgehead atoms. The zero-order valence-corrected chi connectivity index (χ0v) is 10.1. The smallest absolute Gasteiger partial charge is 0.106 e. The first-order valence-electron chi connectivity index (χ1n) is 6.45. The second-order valence-corrected chi connectivity index (χ2v) is 5.62. The Hall–Kier alpha value is -1.35.